The number of hydrogen-bond acceptors (Lipinski definition) is 2. The van der Waals surface area contributed by atoms with Gasteiger partial charge < -0.3 is 10.1 Å². The highest BCUT2D eigenvalue weighted by molar-refractivity contribution is 6.25. The molecule has 0 saturated heterocycles. The van der Waals surface area contributed by atoms with Gasteiger partial charge in [-0.15, -0.1) is 0 Å². The van der Waals surface area contributed by atoms with Crippen molar-refractivity contribution in [3.8, 4) is 5.75 Å². The van der Waals surface area contributed by atoms with Gasteiger partial charge in [0.2, 0.25) is 0 Å². The van der Waals surface area contributed by atoms with Crippen LogP contribution in [0.5, 0.6) is 5.75 Å². The summed E-state index contributed by atoms with van der Waals surface area (Å²) in [5.41, 5.74) is 4.19. The Morgan fingerprint density at radius 3 is 3.19 bits per heavy atom. The van der Waals surface area contributed by atoms with Crippen LogP contribution in [0.1, 0.15) is 23.6 Å². The molecule has 2 nitrogen and oxygen atoms in total. The second kappa shape index (κ2) is 5.37. The van der Waals surface area contributed by atoms with Gasteiger partial charge in [-0.25, -0.2) is 0 Å². The summed E-state index contributed by atoms with van der Waals surface area (Å²) in [7, 11) is 2.00. The van der Waals surface area contributed by atoms with Crippen LogP contribution in [0.25, 0.3) is 0 Å². The summed E-state index contributed by atoms with van der Waals surface area (Å²) in [4.78, 5) is 0. The van der Waals surface area contributed by atoms with E-state index in [2.05, 4.69) is 11.4 Å². The van der Waals surface area contributed by atoms with E-state index in [0.29, 0.717) is 12.6 Å². The molecule has 2 rings (SSSR count). The highest BCUT2D eigenvalue weighted by atomic mass is 35.5. The van der Waals surface area contributed by atoms with Gasteiger partial charge in [0, 0.05) is 11.6 Å². The fourth-order valence-electron chi connectivity index (χ4n) is 2.23. The summed E-state index contributed by atoms with van der Waals surface area (Å²) in [6, 6.07) is 6.73. The summed E-state index contributed by atoms with van der Waals surface area (Å²) < 4.78 is 5.68. The van der Waals surface area contributed by atoms with Gasteiger partial charge in [0.15, 0.2) is 0 Å². The molecule has 1 aromatic rings. The number of hydrogen-bond donors (Lipinski definition) is 1. The van der Waals surface area contributed by atoms with Crippen molar-refractivity contribution in [3.05, 3.63) is 40.9 Å². The number of nitrogens with one attached hydrogen (secondary N) is 1. The van der Waals surface area contributed by atoms with Gasteiger partial charge in [-0.3, -0.25) is 0 Å². The molecule has 1 aromatic carbocycles. The first kappa shape index (κ1) is 11.5. The maximum Gasteiger partial charge on any atom is 0.123 e. The summed E-state index contributed by atoms with van der Waals surface area (Å²) in [6.45, 7) is 0.532. The highest BCUT2D eigenvalue weighted by Gasteiger charge is 2.23. The Labute approximate surface area is 101 Å². The van der Waals surface area contributed by atoms with E-state index in [4.69, 9.17) is 16.3 Å². The molecule has 0 heterocycles. The van der Waals surface area contributed by atoms with Crippen molar-refractivity contribution in [2.45, 2.75) is 18.9 Å². The van der Waals surface area contributed by atoms with Gasteiger partial charge in [0.25, 0.3) is 0 Å². The lowest BCUT2D eigenvalue weighted by atomic mass is 10.1. The van der Waals surface area contributed by atoms with Crippen LogP contribution in [0.4, 0.5) is 0 Å². The second-order valence-electron chi connectivity index (χ2n) is 3.88. The van der Waals surface area contributed by atoms with E-state index in [1.807, 2.05) is 19.2 Å². The Hall–Kier alpha value is -0.990. The SMILES string of the molecule is CNC1CCc2c(OCC=CCl)cccc21. The second-order valence-corrected chi connectivity index (χ2v) is 4.13. The quantitative estimate of drug-likeness (QED) is 0.869. The Balaban J connectivity index is 2.18. The van der Waals surface area contributed by atoms with Crippen LogP contribution in [0.2, 0.25) is 0 Å². The minimum absolute atomic E-state index is 0.474. The largest absolute Gasteiger partial charge is 0.489 e. The van der Waals surface area contributed by atoms with Crippen molar-refractivity contribution in [3.63, 3.8) is 0 Å². The molecular weight excluding hydrogens is 222 g/mol. The lowest BCUT2D eigenvalue weighted by Crippen LogP contribution is -2.12. The van der Waals surface area contributed by atoms with Gasteiger partial charge in [-0.05, 0) is 43.2 Å². The lowest BCUT2D eigenvalue weighted by Gasteiger charge is -2.12. The molecule has 1 atom stereocenters. The first-order chi connectivity index (χ1) is 7.86. The van der Waals surface area contributed by atoms with E-state index < -0.39 is 0 Å². The van der Waals surface area contributed by atoms with Gasteiger partial charge in [0.1, 0.15) is 12.4 Å². The molecule has 0 saturated carbocycles. The molecule has 0 aromatic heterocycles. The highest BCUT2D eigenvalue weighted by Crippen LogP contribution is 2.36. The fraction of sp³-hybridized carbons (Fsp3) is 0.385. The molecule has 0 bridgehead atoms. The van der Waals surface area contributed by atoms with Crippen molar-refractivity contribution in [2.24, 2.45) is 0 Å². The summed E-state index contributed by atoms with van der Waals surface area (Å²) in [6.07, 6.45) is 4.03. The van der Waals surface area contributed by atoms with Gasteiger partial charge in [0.05, 0.1) is 0 Å². The predicted octanol–water partition coefficient (Wildman–Crippen LogP) is 3.02. The van der Waals surface area contributed by atoms with Crippen molar-refractivity contribution in [2.75, 3.05) is 13.7 Å². The summed E-state index contributed by atoms with van der Waals surface area (Å²) in [5.74, 6) is 0.991. The first-order valence-corrected chi connectivity index (χ1v) is 5.97. The topological polar surface area (TPSA) is 21.3 Å². The molecule has 0 spiro atoms. The number of halogens is 1. The fourth-order valence-corrected chi connectivity index (χ4v) is 2.30. The number of benzene rings is 1. The van der Waals surface area contributed by atoms with Gasteiger partial charge in [-0.1, -0.05) is 23.7 Å². The molecule has 0 amide bonds. The standard InChI is InChI=1S/C13H16ClNO/c1-15-12-7-6-11-10(12)4-2-5-13(11)16-9-3-8-14/h2-5,8,12,15H,6-7,9H2,1H3. The van der Waals surface area contributed by atoms with Crippen LogP contribution in [-0.2, 0) is 6.42 Å². The van der Waals surface area contributed by atoms with Crippen molar-refractivity contribution >= 4 is 11.6 Å². The normalized spacial score (nSPS) is 19.0. The van der Waals surface area contributed by atoms with Crippen LogP contribution < -0.4 is 10.1 Å². The van der Waals surface area contributed by atoms with Gasteiger partial charge >= 0.3 is 0 Å². The van der Waals surface area contributed by atoms with Gasteiger partial charge in [-0.2, -0.15) is 0 Å². The third-order valence-corrected chi connectivity index (χ3v) is 3.18. The third-order valence-electron chi connectivity index (χ3n) is 3.00. The Bertz CT molecular complexity index is 390. The predicted molar refractivity (Wildman–Crippen MR) is 67.1 cm³/mol. The Morgan fingerprint density at radius 2 is 2.44 bits per heavy atom. The zero-order valence-electron chi connectivity index (χ0n) is 9.37. The lowest BCUT2D eigenvalue weighted by molar-refractivity contribution is 0.359. The molecule has 1 N–H and O–H groups in total. The maximum atomic E-state index is 5.68. The monoisotopic (exact) mass is 237 g/mol. The van der Waals surface area contributed by atoms with Crippen LogP contribution in [-0.4, -0.2) is 13.7 Å². The molecule has 16 heavy (non-hydrogen) atoms. The minimum Gasteiger partial charge on any atom is -0.489 e. The van der Waals surface area contributed by atoms with Crippen molar-refractivity contribution in [1.82, 2.24) is 5.32 Å². The zero-order valence-corrected chi connectivity index (χ0v) is 10.1. The Kier molecular flexibility index (Phi) is 3.86. The smallest absolute Gasteiger partial charge is 0.123 e. The van der Waals surface area contributed by atoms with E-state index in [1.54, 1.807) is 6.08 Å². The molecular formula is C13H16ClNO. The van der Waals surface area contributed by atoms with E-state index in [1.165, 1.54) is 16.7 Å². The molecule has 0 aliphatic heterocycles. The number of rotatable bonds is 4. The van der Waals surface area contributed by atoms with E-state index in [0.717, 1.165) is 18.6 Å². The van der Waals surface area contributed by atoms with Crippen LogP contribution in [0, 0.1) is 0 Å². The molecule has 0 radical (unpaired) electrons. The molecule has 1 unspecified atom stereocenters. The Morgan fingerprint density at radius 1 is 1.56 bits per heavy atom. The zero-order chi connectivity index (χ0) is 11.4. The molecule has 86 valence electrons. The number of fused-ring (bicyclic) bond motifs is 1. The van der Waals surface area contributed by atoms with Crippen molar-refractivity contribution in [1.29, 1.82) is 0 Å². The first-order valence-electron chi connectivity index (χ1n) is 5.54. The average Bonchev–Trinajstić information content (AvgIpc) is 2.73. The molecule has 1 aliphatic carbocycles. The van der Waals surface area contributed by atoms with Crippen LogP contribution in [0.3, 0.4) is 0 Å². The number of ether oxygens (including phenoxy) is 1. The molecule has 1 aliphatic rings. The third kappa shape index (κ3) is 2.23. The van der Waals surface area contributed by atoms with Crippen molar-refractivity contribution < 1.29 is 4.74 Å². The molecule has 3 heteroatoms. The minimum atomic E-state index is 0.474. The average molecular weight is 238 g/mol. The van der Waals surface area contributed by atoms with E-state index in [-0.39, 0.29) is 0 Å². The summed E-state index contributed by atoms with van der Waals surface area (Å²) >= 11 is 5.46. The van der Waals surface area contributed by atoms with E-state index >= 15 is 0 Å². The van der Waals surface area contributed by atoms with Crippen LogP contribution in [0.15, 0.2) is 29.8 Å². The maximum absolute atomic E-state index is 5.68. The van der Waals surface area contributed by atoms with Crippen LogP contribution >= 0.6 is 11.6 Å². The van der Waals surface area contributed by atoms with E-state index in [9.17, 15) is 0 Å². The molecule has 0 fully saturated rings. The summed E-state index contributed by atoms with van der Waals surface area (Å²) in [5, 5.41) is 3.32.